The lowest BCUT2D eigenvalue weighted by Gasteiger charge is -2.27. The minimum Gasteiger partial charge on any atom is -0.390 e. The number of sulfonamides is 2. The molecule has 0 aliphatic rings. The minimum absolute atomic E-state index is 0.362. The van der Waals surface area contributed by atoms with Crippen LogP contribution in [-0.4, -0.2) is 58.8 Å². The van der Waals surface area contributed by atoms with Gasteiger partial charge in [0.25, 0.3) is 0 Å². The van der Waals surface area contributed by atoms with Gasteiger partial charge in [0.05, 0.1) is 0 Å². The average Bonchev–Trinajstić information content (AvgIpc) is 2.85. The van der Waals surface area contributed by atoms with E-state index in [9.17, 15) is 56.8 Å². The lowest BCUT2D eigenvalue weighted by atomic mass is 9.97. The van der Waals surface area contributed by atoms with Gasteiger partial charge >= 0.3 is 6.16 Å². The monoisotopic (exact) mass is 684 g/mol. The zero-order valence-corrected chi connectivity index (χ0v) is 26.1. The molecule has 0 heterocycles. The SMILES string of the molecule is CN(CC(C)(C)C)S(=O)(=O)c1c(F)c(F)c(F)c(F)c1OC(=O)Oc1c(F)c(F)c(F)c(F)c1S(=O)(=O)N(C)CC(C)(C)C. The summed E-state index contributed by atoms with van der Waals surface area (Å²) >= 11 is 0. The van der Waals surface area contributed by atoms with E-state index in [0.29, 0.717) is 8.61 Å². The van der Waals surface area contributed by atoms with Gasteiger partial charge in [-0.05, 0) is 10.8 Å². The molecule has 0 fully saturated rings. The first-order chi connectivity index (χ1) is 19.7. The van der Waals surface area contributed by atoms with E-state index in [1.54, 1.807) is 0 Å². The molecule has 2 rings (SSSR count). The first kappa shape index (κ1) is 37.2. The number of rotatable bonds is 8. The molecule has 9 nitrogen and oxygen atoms in total. The molecule has 44 heavy (non-hydrogen) atoms. The Hall–Kier alpha value is -3.03. The lowest BCUT2D eigenvalue weighted by Crippen LogP contribution is -2.36. The van der Waals surface area contributed by atoms with E-state index in [-0.39, 0.29) is 0 Å². The van der Waals surface area contributed by atoms with Crippen molar-refractivity contribution < 1.29 is 66.2 Å². The molecule has 0 amide bonds. The Morgan fingerprint density at radius 2 is 0.795 bits per heavy atom. The zero-order valence-electron chi connectivity index (χ0n) is 24.5. The van der Waals surface area contributed by atoms with Crippen molar-refractivity contribution in [3.05, 3.63) is 46.5 Å². The van der Waals surface area contributed by atoms with Crippen LogP contribution in [0.5, 0.6) is 11.5 Å². The van der Waals surface area contributed by atoms with E-state index in [1.807, 2.05) is 0 Å². The van der Waals surface area contributed by atoms with Crippen LogP contribution in [0.15, 0.2) is 9.79 Å². The summed E-state index contributed by atoms with van der Waals surface area (Å²) in [5.74, 6) is -25.4. The fraction of sp³-hybridized carbons (Fsp3) is 0.480. The van der Waals surface area contributed by atoms with Crippen LogP contribution in [0.2, 0.25) is 0 Å². The van der Waals surface area contributed by atoms with Gasteiger partial charge in [-0.3, -0.25) is 0 Å². The van der Waals surface area contributed by atoms with Gasteiger partial charge in [-0.2, -0.15) is 8.78 Å². The Bertz CT molecular complexity index is 1580. The van der Waals surface area contributed by atoms with Gasteiger partial charge in [0.1, 0.15) is 0 Å². The summed E-state index contributed by atoms with van der Waals surface area (Å²) in [4.78, 5) is 8.43. The molecule has 0 radical (unpaired) electrons. The summed E-state index contributed by atoms with van der Waals surface area (Å²) in [6.07, 6.45) is -2.62. The zero-order chi connectivity index (χ0) is 34.5. The largest absolute Gasteiger partial charge is 0.519 e. The van der Waals surface area contributed by atoms with Gasteiger partial charge in [-0.25, -0.2) is 56.6 Å². The number of ether oxygens (including phenoxy) is 2. The van der Waals surface area contributed by atoms with Crippen LogP contribution in [0.4, 0.5) is 39.9 Å². The number of hydrogen-bond acceptors (Lipinski definition) is 7. The minimum atomic E-state index is -5.37. The maximum Gasteiger partial charge on any atom is 0.519 e. The third kappa shape index (κ3) is 7.43. The summed E-state index contributed by atoms with van der Waals surface area (Å²) in [6.45, 7) is 8.17. The molecule has 0 saturated heterocycles. The number of carbonyl (C=O) groups is 1. The van der Waals surface area contributed by atoms with Crippen molar-refractivity contribution in [1.29, 1.82) is 0 Å². The van der Waals surface area contributed by atoms with E-state index in [1.165, 1.54) is 41.5 Å². The van der Waals surface area contributed by atoms with Crippen molar-refractivity contribution in [2.45, 2.75) is 51.3 Å². The van der Waals surface area contributed by atoms with Crippen molar-refractivity contribution in [3.8, 4) is 11.5 Å². The standard InChI is InChI=1S/C25H28F8N2O7S2/c1-24(2,3)9-34(7)43(37,38)21-17(32)13(28)11(26)15(30)19(21)41-23(36)42-20-16(31)12(27)14(29)18(33)22(20)44(39,40)35(8)10-25(4,5)6/h9-10H2,1-8H3. The fourth-order valence-corrected chi connectivity index (χ4v) is 6.93. The summed E-state index contributed by atoms with van der Waals surface area (Å²) in [5, 5.41) is 0. The molecule has 0 bridgehead atoms. The summed E-state index contributed by atoms with van der Waals surface area (Å²) in [6, 6.07) is 0. The highest BCUT2D eigenvalue weighted by molar-refractivity contribution is 7.89. The van der Waals surface area contributed by atoms with Crippen molar-refractivity contribution in [2.24, 2.45) is 10.8 Å². The number of benzene rings is 2. The van der Waals surface area contributed by atoms with Crippen LogP contribution in [0.1, 0.15) is 41.5 Å². The van der Waals surface area contributed by atoms with Crippen LogP contribution in [-0.2, 0) is 20.0 Å². The van der Waals surface area contributed by atoms with E-state index >= 15 is 0 Å². The summed E-state index contributed by atoms with van der Waals surface area (Å²) in [5.41, 5.74) is -1.71. The van der Waals surface area contributed by atoms with Crippen LogP contribution in [0, 0.1) is 57.4 Å². The number of carbonyl (C=O) groups excluding carboxylic acids is 1. The van der Waals surface area contributed by atoms with Crippen LogP contribution < -0.4 is 9.47 Å². The molecule has 0 aliphatic heterocycles. The Balaban J connectivity index is 2.78. The fourth-order valence-electron chi connectivity index (χ4n) is 3.83. The van der Waals surface area contributed by atoms with Crippen molar-refractivity contribution in [3.63, 3.8) is 0 Å². The highest BCUT2D eigenvalue weighted by Crippen LogP contribution is 2.39. The highest BCUT2D eigenvalue weighted by atomic mass is 32.2. The Morgan fingerprint density at radius 3 is 1.05 bits per heavy atom. The van der Waals surface area contributed by atoms with Gasteiger partial charge in [-0.1, -0.05) is 41.5 Å². The van der Waals surface area contributed by atoms with E-state index in [2.05, 4.69) is 9.47 Å². The number of nitrogens with zero attached hydrogens (tertiary/aromatic N) is 2. The summed E-state index contributed by atoms with van der Waals surface area (Å²) < 4.78 is 177. The molecular weight excluding hydrogens is 656 g/mol. The van der Waals surface area contributed by atoms with Crippen molar-refractivity contribution >= 4 is 26.2 Å². The van der Waals surface area contributed by atoms with Crippen LogP contribution in [0.3, 0.4) is 0 Å². The number of hydrogen-bond donors (Lipinski definition) is 0. The van der Waals surface area contributed by atoms with Gasteiger partial charge in [0.15, 0.2) is 44.6 Å². The molecule has 0 unspecified atom stereocenters. The predicted molar refractivity (Wildman–Crippen MR) is 138 cm³/mol. The molecule has 0 aromatic heterocycles. The van der Waals surface area contributed by atoms with Gasteiger partial charge in [-0.15, -0.1) is 0 Å². The summed E-state index contributed by atoms with van der Waals surface area (Å²) in [7, 11) is -9.09. The second-order valence-corrected chi connectivity index (χ2v) is 15.9. The third-order valence-corrected chi connectivity index (χ3v) is 9.13. The smallest absolute Gasteiger partial charge is 0.390 e. The molecule has 19 heteroatoms. The van der Waals surface area contributed by atoms with Gasteiger partial charge in [0, 0.05) is 27.2 Å². The maximum absolute atomic E-state index is 14.8. The van der Waals surface area contributed by atoms with Crippen molar-refractivity contribution in [2.75, 3.05) is 27.2 Å². The van der Waals surface area contributed by atoms with Gasteiger partial charge < -0.3 is 9.47 Å². The molecular formula is C25H28F8N2O7S2. The quantitative estimate of drug-likeness (QED) is 0.115. The van der Waals surface area contributed by atoms with Gasteiger partial charge in [0.2, 0.25) is 43.3 Å². The Morgan fingerprint density at radius 1 is 0.545 bits per heavy atom. The van der Waals surface area contributed by atoms with E-state index in [0.717, 1.165) is 14.1 Å². The normalized spacial score (nSPS) is 13.1. The number of halogens is 8. The molecule has 0 aliphatic carbocycles. The molecule has 0 N–H and O–H groups in total. The Kier molecular flexibility index (Phi) is 10.5. The molecule has 0 spiro atoms. The van der Waals surface area contributed by atoms with E-state index in [4.69, 9.17) is 0 Å². The first-order valence-corrected chi connectivity index (χ1v) is 15.1. The second-order valence-electron chi connectivity index (χ2n) is 11.9. The molecule has 2 aromatic rings. The lowest BCUT2D eigenvalue weighted by molar-refractivity contribution is 0.142. The second kappa shape index (κ2) is 12.4. The van der Waals surface area contributed by atoms with Crippen LogP contribution >= 0.6 is 0 Å². The predicted octanol–water partition coefficient (Wildman–Crippen LogP) is 5.71. The molecule has 0 saturated carbocycles. The average molecular weight is 685 g/mol. The van der Waals surface area contributed by atoms with Crippen LogP contribution in [0.25, 0.3) is 0 Å². The first-order valence-electron chi connectivity index (χ1n) is 12.2. The topological polar surface area (TPSA) is 110 Å². The molecule has 0 atom stereocenters. The third-order valence-electron chi connectivity index (χ3n) is 5.47. The molecule has 248 valence electrons. The van der Waals surface area contributed by atoms with Crippen molar-refractivity contribution in [1.82, 2.24) is 8.61 Å². The maximum atomic E-state index is 14.8. The Labute approximate surface area is 248 Å². The van der Waals surface area contributed by atoms with E-state index < -0.39 is 118 Å². The molecule has 2 aromatic carbocycles. The highest BCUT2D eigenvalue weighted by Gasteiger charge is 2.41.